The van der Waals surface area contributed by atoms with Crippen LogP contribution >= 0.6 is 0 Å². The van der Waals surface area contributed by atoms with Gasteiger partial charge in [-0.3, -0.25) is 10.1 Å². The number of benzene rings is 2. The van der Waals surface area contributed by atoms with Crippen molar-refractivity contribution in [3.05, 3.63) is 71.8 Å². The highest BCUT2D eigenvalue weighted by atomic mass is 16.5. The van der Waals surface area contributed by atoms with E-state index in [1.807, 2.05) is 6.07 Å². The van der Waals surface area contributed by atoms with E-state index in [1.54, 1.807) is 61.5 Å². The van der Waals surface area contributed by atoms with Crippen molar-refractivity contribution >= 4 is 23.9 Å². The van der Waals surface area contributed by atoms with Crippen LogP contribution in [0.5, 0.6) is 0 Å². The van der Waals surface area contributed by atoms with Gasteiger partial charge in [-0.1, -0.05) is 60.7 Å². The Kier molecular flexibility index (Phi) is 8.37. The molecule has 0 aliphatic carbocycles. The highest BCUT2D eigenvalue weighted by Gasteiger charge is 2.30. The Morgan fingerprint density at radius 2 is 1.57 bits per heavy atom. The number of nitrogens with two attached hydrogens (primary N) is 1. The molecular formula is C21H24N4O5. The number of amides is 5. The second kappa shape index (κ2) is 11.2. The number of hydrogen-bond donors (Lipinski definition) is 4. The zero-order valence-corrected chi connectivity index (χ0v) is 16.5. The Morgan fingerprint density at radius 1 is 0.967 bits per heavy atom. The number of urea groups is 2. The van der Waals surface area contributed by atoms with E-state index in [1.165, 1.54) is 0 Å². The molecule has 0 aromatic heterocycles. The van der Waals surface area contributed by atoms with E-state index in [4.69, 9.17) is 10.5 Å². The number of rotatable bonds is 8. The summed E-state index contributed by atoms with van der Waals surface area (Å²) >= 11 is 0. The van der Waals surface area contributed by atoms with Gasteiger partial charge in [0.2, 0.25) is 6.10 Å². The third kappa shape index (κ3) is 6.93. The van der Waals surface area contributed by atoms with Gasteiger partial charge >= 0.3 is 18.0 Å². The summed E-state index contributed by atoms with van der Waals surface area (Å²) in [5, 5.41) is 6.91. The van der Waals surface area contributed by atoms with Crippen LogP contribution < -0.4 is 21.7 Å². The quantitative estimate of drug-likeness (QED) is 0.485. The molecule has 5 amide bonds. The summed E-state index contributed by atoms with van der Waals surface area (Å²) in [4.78, 5) is 48.5. The van der Waals surface area contributed by atoms with Gasteiger partial charge in [-0.05, 0) is 12.5 Å². The van der Waals surface area contributed by atoms with E-state index in [0.717, 1.165) is 5.56 Å². The lowest BCUT2D eigenvalue weighted by Gasteiger charge is -2.22. The van der Waals surface area contributed by atoms with Gasteiger partial charge in [-0.25, -0.2) is 14.4 Å². The molecule has 9 heteroatoms. The Morgan fingerprint density at radius 3 is 2.13 bits per heavy atom. The van der Waals surface area contributed by atoms with Gasteiger partial charge in [0, 0.05) is 18.5 Å². The third-order valence-corrected chi connectivity index (χ3v) is 4.03. The third-order valence-electron chi connectivity index (χ3n) is 4.03. The summed E-state index contributed by atoms with van der Waals surface area (Å²) in [6, 6.07) is 14.4. The van der Waals surface area contributed by atoms with E-state index in [-0.39, 0.29) is 6.42 Å². The maximum atomic E-state index is 12.8. The van der Waals surface area contributed by atoms with Crippen LogP contribution in [0.3, 0.4) is 0 Å². The van der Waals surface area contributed by atoms with E-state index in [9.17, 15) is 19.2 Å². The average Bonchev–Trinajstić information content (AvgIpc) is 2.72. The predicted octanol–water partition coefficient (Wildman–Crippen LogP) is 1.40. The Hall–Kier alpha value is -3.88. The fourth-order valence-corrected chi connectivity index (χ4v) is 2.70. The van der Waals surface area contributed by atoms with Crippen molar-refractivity contribution in [3.63, 3.8) is 0 Å². The smallest absolute Gasteiger partial charge is 0.330 e. The highest BCUT2D eigenvalue weighted by molar-refractivity contribution is 5.98. The Bertz CT molecular complexity index is 873. The predicted molar refractivity (Wildman–Crippen MR) is 109 cm³/mol. The van der Waals surface area contributed by atoms with Crippen LogP contribution in [0.2, 0.25) is 0 Å². The van der Waals surface area contributed by atoms with Crippen LogP contribution in [0.4, 0.5) is 9.59 Å². The number of esters is 1. The van der Waals surface area contributed by atoms with Crippen molar-refractivity contribution in [3.8, 4) is 0 Å². The molecule has 0 saturated heterocycles. The standard InChI is InChI=1S/C21H24N4O5/c1-2-23-21(29)25-18(26)17(15-11-7-4-8-12-15)30-19(27)16(24-20(22)28)13-14-9-5-3-6-10-14/h3-12,16-17H,2,13H2,1H3,(H3,22,24,28)(H2,23,25,26,29)/t16-,17+/m0/s1. The molecule has 0 aliphatic rings. The minimum atomic E-state index is -1.39. The van der Waals surface area contributed by atoms with Crippen molar-refractivity contribution in [1.82, 2.24) is 16.0 Å². The van der Waals surface area contributed by atoms with Crippen LogP contribution in [0.25, 0.3) is 0 Å². The van der Waals surface area contributed by atoms with Gasteiger partial charge in [0.1, 0.15) is 6.04 Å². The zero-order chi connectivity index (χ0) is 21.9. The van der Waals surface area contributed by atoms with Gasteiger partial charge in [0.25, 0.3) is 5.91 Å². The molecule has 158 valence electrons. The first-order valence-electron chi connectivity index (χ1n) is 9.34. The first-order valence-corrected chi connectivity index (χ1v) is 9.34. The van der Waals surface area contributed by atoms with Crippen molar-refractivity contribution in [2.45, 2.75) is 25.5 Å². The van der Waals surface area contributed by atoms with Crippen molar-refractivity contribution in [2.75, 3.05) is 6.54 Å². The minimum absolute atomic E-state index is 0.113. The summed E-state index contributed by atoms with van der Waals surface area (Å²) in [6.07, 6.45) is -1.28. The van der Waals surface area contributed by atoms with Gasteiger partial charge in [-0.15, -0.1) is 0 Å². The summed E-state index contributed by atoms with van der Waals surface area (Å²) in [5.74, 6) is -1.68. The van der Waals surface area contributed by atoms with Gasteiger partial charge in [0.05, 0.1) is 0 Å². The summed E-state index contributed by atoms with van der Waals surface area (Å²) in [7, 11) is 0. The molecule has 0 unspecified atom stereocenters. The van der Waals surface area contributed by atoms with E-state index < -0.39 is 36.1 Å². The highest BCUT2D eigenvalue weighted by Crippen LogP contribution is 2.19. The van der Waals surface area contributed by atoms with Crippen LogP contribution in [-0.4, -0.2) is 36.5 Å². The molecule has 0 heterocycles. The SMILES string of the molecule is CCNC(=O)NC(=O)[C@H](OC(=O)[C@H](Cc1ccccc1)NC(N)=O)c1ccccc1. The van der Waals surface area contributed by atoms with Crippen molar-refractivity contribution in [1.29, 1.82) is 0 Å². The molecule has 0 bridgehead atoms. The molecule has 2 atom stereocenters. The Balaban J connectivity index is 2.22. The fraction of sp³-hybridized carbons (Fsp3) is 0.238. The van der Waals surface area contributed by atoms with E-state index in [2.05, 4.69) is 16.0 Å². The number of carbonyl (C=O) groups is 4. The Labute approximate surface area is 174 Å². The van der Waals surface area contributed by atoms with Crippen LogP contribution in [-0.2, 0) is 20.7 Å². The van der Waals surface area contributed by atoms with Gasteiger partial charge in [0.15, 0.2) is 0 Å². The fourth-order valence-electron chi connectivity index (χ4n) is 2.70. The summed E-state index contributed by atoms with van der Waals surface area (Å²) < 4.78 is 5.41. The first kappa shape index (κ1) is 22.4. The maximum Gasteiger partial charge on any atom is 0.330 e. The number of imide groups is 1. The van der Waals surface area contributed by atoms with Crippen LogP contribution in [0.1, 0.15) is 24.2 Å². The lowest BCUT2D eigenvalue weighted by molar-refractivity contribution is -0.157. The van der Waals surface area contributed by atoms with E-state index >= 15 is 0 Å². The topological polar surface area (TPSA) is 140 Å². The molecule has 0 fully saturated rings. The lowest BCUT2D eigenvalue weighted by Crippen LogP contribution is -2.48. The maximum absolute atomic E-state index is 12.8. The number of nitrogens with one attached hydrogen (secondary N) is 3. The normalized spacial score (nSPS) is 12.2. The van der Waals surface area contributed by atoms with Crippen molar-refractivity contribution < 1.29 is 23.9 Å². The average molecular weight is 412 g/mol. The molecule has 0 radical (unpaired) electrons. The monoisotopic (exact) mass is 412 g/mol. The van der Waals surface area contributed by atoms with E-state index in [0.29, 0.717) is 12.1 Å². The van der Waals surface area contributed by atoms with Crippen molar-refractivity contribution in [2.24, 2.45) is 5.73 Å². The number of primary amides is 1. The van der Waals surface area contributed by atoms with Crippen LogP contribution in [0.15, 0.2) is 60.7 Å². The number of ether oxygens (including phenoxy) is 1. The first-order chi connectivity index (χ1) is 14.4. The number of hydrogen-bond acceptors (Lipinski definition) is 5. The molecule has 0 saturated carbocycles. The van der Waals surface area contributed by atoms with Gasteiger partial charge < -0.3 is 21.1 Å². The molecular weight excluding hydrogens is 388 g/mol. The summed E-state index contributed by atoms with van der Waals surface area (Å²) in [6.45, 7) is 2.01. The second-order valence-electron chi connectivity index (χ2n) is 6.33. The largest absolute Gasteiger partial charge is 0.446 e. The zero-order valence-electron chi connectivity index (χ0n) is 16.5. The molecule has 2 aromatic rings. The molecule has 5 N–H and O–H groups in total. The molecule has 2 aromatic carbocycles. The van der Waals surface area contributed by atoms with Gasteiger partial charge in [-0.2, -0.15) is 0 Å². The molecule has 2 rings (SSSR count). The second-order valence-corrected chi connectivity index (χ2v) is 6.33. The lowest BCUT2D eigenvalue weighted by atomic mass is 10.1. The molecule has 30 heavy (non-hydrogen) atoms. The molecule has 0 spiro atoms. The molecule has 0 aliphatic heterocycles. The number of carbonyl (C=O) groups excluding carboxylic acids is 4. The van der Waals surface area contributed by atoms with Crippen LogP contribution in [0, 0.1) is 0 Å². The minimum Gasteiger partial charge on any atom is -0.446 e. The molecule has 9 nitrogen and oxygen atoms in total. The summed E-state index contributed by atoms with van der Waals surface area (Å²) in [5.41, 5.74) is 6.32.